The van der Waals surface area contributed by atoms with Crippen molar-refractivity contribution < 1.29 is 9.32 Å². The molecule has 1 N–H and O–H groups in total. The molecule has 2 heterocycles. The number of hydrogen-bond acceptors (Lipinski definition) is 4. The van der Waals surface area contributed by atoms with Gasteiger partial charge < -0.3 is 14.7 Å². The summed E-state index contributed by atoms with van der Waals surface area (Å²) in [6, 6.07) is 10.1. The van der Waals surface area contributed by atoms with Crippen LogP contribution in [0.5, 0.6) is 0 Å². The Hall–Kier alpha value is -1.95. The van der Waals surface area contributed by atoms with Crippen LogP contribution in [-0.4, -0.2) is 28.9 Å². The van der Waals surface area contributed by atoms with Crippen molar-refractivity contribution in [1.29, 1.82) is 0 Å². The summed E-state index contributed by atoms with van der Waals surface area (Å²) in [5.74, 6) is 1.77. The van der Waals surface area contributed by atoms with Gasteiger partial charge in [-0.25, -0.2) is 4.79 Å². The number of hydrogen-bond donors (Lipinski definition) is 1. The standard InChI is InChI=1S/C16H19N3O2S/c1-11-9-12(18-21-11)10-19(2)16(20)17-14-7-8-22-15-6-4-3-5-13(14)15/h3-6,9,14H,7-8,10H2,1-2H3,(H,17,20). The summed E-state index contributed by atoms with van der Waals surface area (Å²) in [6.45, 7) is 2.28. The third-order valence-corrected chi connectivity index (χ3v) is 4.80. The van der Waals surface area contributed by atoms with Gasteiger partial charge >= 0.3 is 6.03 Å². The SMILES string of the molecule is Cc1cc(CN(C)C(=O)NC2CCSc3ccccc32)no1. The molecule has 2 aromatic rings. The van der Waals surface area contributed by atoms with E-state index >= 15 is 0 Å². The number of urea groups is 1. The van der Waals surface area contributed by atoms with Crippen LogP contribution in [-0.2, 0) is 6.54 Å². The van der Waals surface area contributed by atoms with E-state index in [2.05, 4.69) is 22.6 Å². The normalized spacial score (nSPS) is 16.9. The molecule has 0 radical (unpaired) electrons. The maximum atomic E-state index is 12.4. The zero-order chi connectivity index (χ0) is 15.5. The molecule has 1 aromatic heterocycles. The number of rotatable bonds is 3. The van der Waals surface area contributed by atoms with Gasteiger partial charge in [0, 0.05) is 23.8 Å². The van der Waals surface area contributed by atoms with E-state index in [1.807, 2.05) is 36.9 Å². The molecule has 1 unspecified atom stereocenters. The molecule has 1 aromatic carbocycles. The number of carbonyl (C=O) groups is 1. The molecule has 0 fully saturated rings. The van der Waals surface area contributed by atoms with Crippen LogP contribution in [0.1, 0.15) is 29.5 Å². The van der Waals surface area contributed by atoms with Crippen LogP contribution >= 0.6 is 11.8 Å². The van der Waals surface area contributed by atoms with Gasteiger partial charge in [-0.3, -0.25) is 0 Å². The summed E-state index contributed by atoms with van der Waals surface area (Å²) in [5.41, 5.74) is 1.97. The average molecular weight is 317 g/mol. The monoisotopic (exact) mass is 317 g/mol. The van der Waals surface area contributed by atoms with Crippen LogP contribution in [0.15, 0.2) is 39.8 Å². The number of benzene rings is 1. The molecule has 1 atom stereocenters. The number of aromatic nitrogens is 1. The molecular weight excluding hydrogens is 298 g/mol. The fraction of sp³-hybridized carbons (Fsp3) is 0.375. The van der Waals surface area contributed by atoms with E-state index < -0.39 is 0 Å². The maximum Gasteiger partial charge on any atom is 0.317 e. The Morgan fingerprint density at radius 1 is 1.50 bits per heavy atom. The van der Waals surface area contributed by atoms with Crippen LogP contribution in [0.3, 0.4) is 0 Å². The van der Waals surface area contributed by atoms with Gasteiger partial charge in [0.15, 0.2) is 0 Å². The van der Waals surface area contributed by atoms with Crippen molar-refractivity contribution in [3.8, 4) is 0 Å². The zero-order valence-electron chi connectivity index (χ0n) is 12.7. The molecule has 0 spiro atoms. The van der Waals surface area contributed by atoms with Crippen molar-refractivity contribution in [1.82, 2.24) is 15.4 Å². The molecule has 22 heavy (non-hydrogen) atoms. The molecule has 6 heteroatoms. The number of aryl methyl sites for hydroxylation is 1. The fourth-order valence-electron chi connectivity index (χ4n) is 2.56. The molecule has 2 amide bonds. The first-order valence-corrected chi connectivity index (χ1v) is 8.27. The van der Waals surface area contributed by atoms with Crippen molar-refractivity contribution in [2.24, 2.45) is 0 Å². The van der Waals surface area contributed by atoms with Gasteiger partial charge in [-0.05, 0) is 25.0 Å². The molecule has 116 valence electrons. The van der Waals surface area contributed by atoms with Crippen LogP contribution in [0, 0.1) is 6.92 Å². The van der Waals surface area contributed by atoms with Crippen molar-refractivity contribution in [2.75, 3.05) is 12.8 Å². The molecular formula is C16H19N3O2S. The van der Waals surface area contributed by atoms with Crippen molar-refractivity contribution >= 4 is 17.8 Å². The number of carbonyl (C=O) groups excluding carboxylic acids is 1. The lowest BCUT2D eigenvalue weighted by Crippen LogP contribution is -2.39. The van der Waals surface area contributed by atoms with E-state index in [-0.39, 0.29) is 12.1 Å². The van der Waals surface area contributed by atoms with Gasteiger partial charge in [0.2, 0.25) is 0 Å². The largest absolute Gasteiger partial charge is 0.361 e. The Morgan fingerprint density at radius 2 is 2.32 bits per heavy atom. The van der Waals surface area contributed by atoms with E-state index in [0.29, 0.717) is 6.54 Å². The summed E-state index contributed by atoms with van der Waals surface area (Å²) in [6.07, 6.45) is 0.949. The Kier molecular flexibility index (Phi) is 4.38. The molecule has 3 rings (SSSR count). The first kappa shape index (κ1) is 15.0. The minimum absolute atomic E-state index is 0.0754. The Bertz CT molecular complexity index is 671. The van der Waals surface area contributed by atoms with Crippen molar-refractivity contribution in [3.05, 3.63) is 47.3 Å². The fourth-order valence-corrected chi connectivity index (χ4v) is 3.68. The number of amides is 2. The summed E-state index contributed by atoms with van der Waals surface area (Å²) in [5, 5.41) is 7.04. The molecule has 0 saturated carbocycles. The van der Waals surface area contributed by atoms with E-state index in [4.69, 9.17) is 4.52 Å². The summed E-state index contributed by atoms with van der Waals surface area (Å²) in [7, 11) is 1.77. The van der Waals surface area contributed by atoms with E-state index in [1.54, 1.807) is 11.9 Å². The van der Waals surface area contributed by atoms with Crippen molar-refractivity contribution in [3.63, 3.8) is 0 Å². The van der Waals surface area contributed by atoms with Crippen LogP contribution in [0.2, 0.25) is 0 Å². The topological polar surface area (TPSA) is 58.4 Å². The lowest BCUT2D eigenvalue weighted by Gasteiger charge is -2.28. The number of nitrogens with zero attached hydrogens (tertiary/aromatic N) is 2. The quantitative estimate of drug-likeness (QED) is 0.943. The first-order chi connectivity index (χ1) is 10.6. The van der Waals surface area contributed by atoms with Gasteiger partial charge in [-0.1, -0.05) is 23.4 Å². The predicted molar refractivity (Wildman–Crippen MR) is 85.8 cm³/mol. The van der Waals surface area contributed by atoms with Gasteiger partial charge in [-0.2, -0.15) is 0 Å². The van der Waals surface area contributed by atoms with Gasteiger partial charge in [-0.15, -0.1) is 11.8 Å². The molecule has 1 aliphatic heterocycles. The summed E-state index contributed by atoms with van der Waals surface area (Å²) in [4.78, 5) is 15.3. The van der Waals surface area contributed by atoms with Gasteiger partial charge in [0.1, 0.15) is 11.5 Å². The minimum atomic E-state index is -0.0904. The van der Waals surface area contributed by atoms with Crippen molar-refractivity contribution in [2.45, 2.75) is 30.8 Å². The lowest BCUT2D eigenvalue weighted by atomic mass is 10.0. The first-order valence-electron chi connectivity index (χ1n) is 7.29. The number of thioether (sulfide) groups is 1. The van der Waals surface area contributed by atoms with E-state index in [9.17, 15) is 4.79 Å². The number of fused-ring (bicyclic) bond motifs is 1. The third-order valence-electron chi connectivity index (χ3n) is 3.68. The second-order valence-corrected chi connectivity index (χ2v) is 6.60. The molecule has 0 saturated heterocycles. The van der Waals surface area contributed by atoms with Gasteiger partial charge in [0.05, 0.1) is 12.6 Å². The highest BCUT2D eigenvalue weighted by atomic mass is 32.2. The van der Waals surface area contributed by atoms with E-state index in [1.165, 1.54) is 10.5 Å². The Morgan fingerprint density at radius 3 is 3.09 bits per heavy atom. The summed E-state index contributed by atoms with van der Waals surface area (Å²) >= 11 is 1.85. The predicted octanol–water partition coefficient (Wildman–Crippen LogP) is 3.36. The third kappa shape index (κ3) is 3.27. The molecule has 1 aliphatic rings. The smallest absolute Gasteiger partial charge is 0.317 e. The molecule has 0 aliphatic carbocycles. The summed E-state index contributed by atoms with van der Waals surface area (Å²) < 4.78 is 5.03. The van der Waals surface area contributed by atoms with Gasteiger partial charge in [0.25, 0.3) is 0 Å². The van der Waals surface area contributed by atoms with Crippen LogP contribution in [0.25, 0.3) is 0 Å². The lowest BCUT2D eigenvalue weighted by molar-refractivity contribution is 0.201. The van der Waals surface area contributed by atoms with Crippen LogP contribution in [0.4, 0.5) is 4.79 Å². The number of nitrogens with one attached hydrogen (secondary N) is 1. The maximum absolute atomic E-state index is 12.4. The zero-order valence-corrected chi connectivity index (χ0v) is 13.5. The van der Waals surface area contributed by atoms with Crippen LogP contribution < -0.4 is 5.32 Å². The average Bonchev–Trinajstić information content (AvgIpc) is 2.92. The second-order valence-electron chi connectivity index (χ2n) is 5.46. The molecule has 0 bridgehead atoms. The Labute approximate surface area is 134 Å². The molecule has 5 nitrogen and oxygen atoms in total. The highest BCUT2D eigenvalue weighted by Gasteiger charge is 2.23. The highest BCUT2D eigenvalue weighted by Crippen LogP contribution is 2.35. The highest BCUT2D eigenvalue weighted by molar-refractivity contribution is 7.99. The second kappa shape index (κ2) is 6.44. The van der Waals surface area contributed by atoms with E-state index in [0.717, 1.165) is 23.6 Å². The minimum Gasteiger partial charge on any atom is -0.361 e. The Balaban J connectivity index is 1.64.